The second-order valence-electron chi connectivity index (χ2n) is 3.77. The summed E-state index contributed by atoms with van der Waals surface area (Å²) in [6.07, 6.45) is 0.817. The molecule has 14 heavy (non-hydrogen) atoms. The minimum absolute atomic E-state index is 0.0690. The van der Waals surface area contributed by atoms with Crippen molar-refractivity contribution in [3.8, 4) is 22.6 Å². The fraction of sp³-hybridized carbons (Fsp3) is 0.167. The quantitative estimate of drug-likeness (QED) is 0.626. The molecular formula is C12H8O2. The molecule has 1 unspecified atom stereocenters. The van der Waals surface area contributed by atoms with Crippen LogP contribution in [0.15, 0.2) is 30.3 Å². The summed E-state index contributed by atoms with van der Waals surface area (Å²) >= 11 is 0. The van der Waals surface area contributed by atoms with Gasteiger partial charge in [0, 0.05) is 5.56 Å². The van der Waals surface area contributed by atoms with Crippen LogP contribution in [0.4, 0.5) is 0 Å². The summed E-state index contributed by atoms with van der Waals surface area (Å²) in [4.78, 5) is 0. The molecule has 4 rings (SSSR count). The van der Waals surface area contributed by atoms with Gasteiger partial charge in [-0.1, -0.05) is 24.3 Å². The average molecular weight is 184 g/mol. The van der Waals surface area contributed by atoms with Gasteiger partial charge in [0.2, 0.25) is 6.29 Å². The number of hydrogen-bond donors (Lipinski definition) is 0. The van der Waals surface area contributed by atoms with Gasteiger partial charge in [-0.2, -0.15) is 0 Å². The smallest absolute Gasteiger partial charge is 0.245 e. The molecule has 68 valence electrons. The van der Waals surface area contributed by atoms with Crippen molar-refractivity contribution in [2.75, 3.05) is 0 Å². The Morgan fingerprint density at radius 3 is 3.00 bits per heavy atom. The summed E-state index contributed by atoms with van der Waals surface area (Å²) in [6, 6.07) is 10.4. The van der Waals surface area contributed by atoms with Crippen LogP contribution >= 0.6 is 0 Å². The lowest BCUT2D eigenvalue weighted by molar-refractivity contribution is 0.0656. The van der Waals surface area contributed by atoms with E-state index in [1.54, 1.807) is 0 Å². The van der Waals surface area contributed by atoms with Gasteiger partial charge in [-0.25, -0.2) is 0 Å². The van der Waals surface area contributed by atoms with E-state index in [1.807, 2.05) is 6.07 Å². The minimum Gasteiger partial charge on any atom is -0.451 e. The standard InChI is InChI=1S/C12H8O2/c1-2-7-4-5-10-12-9(8(7)3-1)6-11(13-10)14-12/h1-5,11H,6H2. The summed E-state index contributed by atoms with van der Waals surface area (Å²) in [6.45, 7) is 0. The first-order valence-electron chi connectivity index (χ1n) is 4.80. The Labute approximate surface area is 81.4 Å². The zero-order valence-electron chi connectivity index (χ0n) is 7.49. The predicted molar refractivity (Wildman–Crippen MR) is 51.8 cm³/mol. The number of fused-ring (bicyclic) bond motifs is 3. The molecular weight excluding hydrogens is 176 g/mol. The third kappa shape index (κ3) is 0.640. The average Bonchev–Trinajstić information content (AvgIpc) is 2.88. The molecule has 0 radical (unpaired) electrons. The summed E-state index contributed by atoms with van der Waals surface area (Å²) < 4.78 is 11.2. The minimum atomic E-state index is -0.0690. The molecule has 1 atom stereocenters. The largest absolute Gasteiger partial charge is 0.451 e. The highest BCUT2D eigenvalue weighted by molar-refractivity contribution is 5.75. The lowest BCUT2D eigenvalue weighted by Gasteiger charge is -2.06. The van der Waals surface area contributed by atoms with Crippen LogP contribution in [0.25, 0.3) is 11.1 Å². The SMILES string of the molecule is c1cc2ccc3c4c(c-2c1)CC(O3)O4. The lowest BCUT2D eigenvalue weighted by atomic mass is 10.0. The van der Waals surface area contributed by atoms with E-state index in [0.29, 0.717) is 0 Å². The van der Waals surface area contributed by atoms with Crippen molar-refractivity contribution in [2.24, 2.45) is 0 Å². The van der Waals surface area contributed by atoms with Gasteiger partial charge in [-0.3, -0.25) is 0 Å². The Balaban J connectivity index is 2.19. The van der Waals surface area contributed by atoms with Gasteiger partial charge in [-0.05, 0) is 17.2 Å². The molecule has 2 heteroatoms. The van der Waals surface area contributed by atoms with Crippen LogP contribution in [0.5, 0.6) is 11.5 Å². The first kappa shape index (κ1) is 6.71. The Bertz CT molecular complexity index is 504. The molecule has 0 saturated heterocycles. The fourth-order valence-corrected chi connectivity index (χ4v) is 2.34. The Hall–Kier alpha value is -1.70. The van der Waals surface area contributed by atoms with Crippen LogP contribution < -0.4 is 9.47 Å². The van der Waals surface area contributed by atoms with Gasteiger partial charge < -0.3 is 9.47 Å². The van der Waals surface area contributed by atoms with E-state index in [2.05, 4.69) is 24.3 Å². The van der Waals surface area contributed by atoms with Crippen molar-refractivity contribution in [3.05, 3.63) is 35.9 Å². The molecule has 4 aliphatic rings. The van der Waals surface area contributed by atoms with Crippen LogP contribution in [-0.4, -0.2) is 6.29 Å². The van der Waals surface area contributed by atoms with Crippen molar-refractivity contribution in [2.45, 2.75) is 12.7 Å². The maximum absolute atomic E-state index is 5.61. The van der Waals surface area contributed by atoms with Crippen molar-refractivity contribution in [1.29, 1.82) is 0 Å². The first-order valence-corrected chi connectivity index (χ1v) is 4.80. The molecule has 0 aromatic rings. The van der Waals surface area contributed by atoms with Crippen molar-refractivity contribution < 1.29 is 9.47 Å². The third-order valence-corrected chi connectivity index (χ3v) is 2.97. The normalized spacial score (nSPS) is 21.0. The van der Waals surface area contributed by atoms with E-state index in [0.717, 1.165) is 17.9 Å². The van der Waals surface area contributed by atoms with Crippen molar-refractivity contribution >= 4 is 0 Å². The van der Waals surface area contributed by atoms with Crippen LogP contribution in [-0.2, 0) is 6.42 Å². The summed E-state index contributed by atoms with van der Waals surface area (Å²) in [5.74, 6) is 1.85. The number of hydrogen-bond acceptors (Lipinski definition) is 2. The topological polar surface area (TPSA) is 18.5 Å². The zero-order chi connectivity index (χ0) is 9.12. The van der Waals surface area contributed by atoms with E-state index in [-0.39, 0.29) is 6.29 Å². The molecule has 0 saturated carbocycles. The summed E-state index contributed by atoms with van der Waals surface area (Å²) in [7, 11) is 0. The summed E-state index contributed by atoms with van der Waals surface area (Å²) in [5.41, 5.74) is 3.88. The van der Waals surface area contributed by atoms with Crippen LogP contribution in [0.2, 0.25) is 0 Å². The van der Waals surface area contributed by atoms with Gasteiger partial charge in [0.25, 0.3) is 0 Å². The molecule has 2 heterocycles. The number of rotatable bonds is 0. The number of ether oxygens (including phenoxy) is 2. The molecule has 0 N–H and O–H groups in total. The monoisotopic (exact) mass is 184 g/mol. The van der Waals surface area contributed by atoms with Crippen LogP contribution in [0.3, 0.4) is 0 Å². The van der Waals surface area contributed by atoms with Crippen molar-refractivity contribution in [3.63, 3.8) is 0 Å². The first-order chi connectivity index (χ1) is 6.92. The highest BCUT2D eigenvalue weighted by Gasteiger charge is 2.36. The Morgan fingerprint density at radius 2 is 2.07 bits per heavy atom. The molecule has 0 aromatic carbocycles. The molecule has 0 amide bonds. The van der Waals surface area contributed by atoms with Gasteiger partial charge in [0.05, 0.1) is 6.42 Å². The van der Waals surface area contributed by atoms with E-state index >= 15 is 0 Å². The molecule has 0 aromatic heterocycles. The van der Waals surface area contributed by atoms with Crippen molar-refractivity contribution in [1.82, 2.24) is 0 Å². The zero-order valence-corrected chi connectivity index (χ0v) is 7.49. The highest BCUT2D eigenvalue weighted by atomic mass is 16.7. The van der Waals surface area contributed by atoms with E-state index in [1.165, 1.54) is 16.7 Å². The maximum Gasteiger partial charge on any atom is 0.245 e. The maximum atomic E-state index is 5.61. The van der Waals surface area contributed by atoms with Gasteiger partial charge in [0.1, 0.15) is 0 Å². The molecule has 2 aliphatic heterocycles. The van der Waals surface area contributed by atoms with Crippen LogP contribution in [0, 0.1) is 0 Å². The molecule has 0 fully saturated rings. The molecule has 2 aliphatic carbocycles. The molecule has 0 spiro atoms. The highest BCUT2D eigenvalue weighted by Crippen LogP contribution is 2.48. The van der Waals surface area contributed by atoms with Crippen LogP contribution in [0.1, 0.15) is 5.56 Å². The van der Waals surface area contributed by atoms with E-state index in [9.17, 15) is 0 Å². The third-order valence-electron chi connectivity index (χ3n) is 2.97. The Kier molecular flexibility index (Phi) is 0.973. The molecule has 2 nitrogen and oxygen atoms in total. The van der Waals surface area contributed by atoms with Gasteiger partial charge in [-0.15, -0.1) is 0 Å². The predicted octanol–water partition coefficient (Wildman–Crippen LogP) is 2.44. The second kappa shape index (κ2) is 2.03. The van der Waals surface area contributed by atoms with E-state index in [4.69, 9.17) is 9.47 Å². The van der Waals surface area contributed by atoms with Gasteiger partial charge in [0.15, 0.2) is 11.5 Å². The summed E-state index contributed by atoms with van der Waals surface area (Å²) in [5, 5.41) is 0. The van der Waals surface area contributed by atoms with E-state index < -0.39 is 0 Å². The molecule has 2 bridgehead atoms. The lowest BCUT2D eigenvalue weighted by Crippen LogP contribution is -2.16. The fourth-order valence-electron chi connectivity index (χ4n) is 2.34. The second-order valence-corrected chi connectivity index (χ2v) is 3.77. The Morgan fingerprint density at radius 1 is 1.07 bits per heavy atom. The van der Waals surface area contributed by atoms with Gasteiger partial charge >= 0.3 is 0 Å².